The molecule has 7 nitrogen and oxygen atoms in total. The Hall–Kier alpha value is -3.46. The van der Waals surface area contributed by atoms with E-state index in [9.17, 15) is 8.42 Å². The SMILES string of the molecule is Cc1nonc1-c1cn(-c2ccc(-c3cccc(S(C)(=O)=O)c3)cc2Cl)c(-c2ccccc2Cl)n1. The van der Waals surface area contributed by atoms with E-state index in [2.05, 4.69) is 10.3 Å². The summed E-state index contributed by atoms with van der Waals surface area (Å²) in [6, 6.07) is 19.6. The standard InChI is InChI=1S/C25H18Cl2N4O3S/c1-15-24(30-34-29-15)22-14-31(25(28-22)19-8-3-4-9-20(19)26)23-11-10-17(13-21(23)27)16-6-5-7-18(12-16)35(2,32)33/h3-14H,1-2H3. The van der Waals surface area contributed by atoms with E-state index >= 15 is 0 Å². The summed E-state index contributed by atoms with van der Waals surface area (Å²) in [6.45, 7) is 1.78. The molecule has 0 spiro atoms. The van der Waals surface area contributed by atoms with Gasteiger partial charge in [0.15, 0.2) is 15.5 Å². The number of rotatable bonds is 5. The van der Waals surface area contributed by atoms with E-state index in [4.69, 9.17) is 32.8 Å². The summed E-state index contributed by atoms with van der Waals surface area (Å²) in [7, 11) is -3.33. The molecule has 0 aliphatic carbocycles. The zero-order valence-electron chi connectivity index (χ0n) is 18.6. The number of sulfone groups is 1. The zero-order valence-corrected chi connectivity index (χ0v) is 20.9. The van der Waals surface area contributed by atoms with Gasteiger partial charge in [-0.05, 0) is 59.6 Å². The molecular formula is C25H18Cl2N4O3S. The van der Waals surface area contributed by atoms with Gasteiger partial charge in [-0.1, -0.05) is 58.7 Å². The number of imidazole rings is 1. The minimum atomic E-state index is -3.33. The maximum atomic E-state index is 12.0. The summed E-state index contributed by atoms with van der Waals surface area (Å²) in [5.41, 5.74) is 4.58. The number of hydrogen-bond acceptors (Lipinski definition) is 6. The van der Waals surface area contributed by atoms with Crippen molar-refractivity contribution in [3.8, 4) is 39.6 Å². The van der Waals surface area contributed by atoms with Crippen LogP contribution in [-0.4, -0.2) is 34.5 Å². The van der Waals surface area contributed by atoms with Gasteiger partial charge < -0.3 is 0 Å². The molecule has 0 radical (unpaired) electrons. The Bertz CT molecular complexity index is 1680. The number of nitrogens with zero attached hydrogens (tertiary/aromatic N) is 4. The molecule has 5 aromatic rings. The molecule has 10 heteroatoms. The third-order valence-corrected chi connectivity index (χ3v) is 7.26. The summed E-state index contributed by atoms with van der Waals surface area (Å²) in [6.07, 6.45) is 2.98. The lowest BCUT2D eigenvalue weighted by atomic mass is 10.1. The van der Waals surface area contributed by atoms with Crippen molar-refractivity contribution in [1.29, 1.82) is 0 Å². The Balaban J connectivity index is 1.65. The van der Waals surface area contributed by atoms with Crippen LogP contribution >= 0.6 is 23.2 Å². The fraction of sp³-hybridized carbons (Fsp3) is 0.0800. The van der Waals surface area contributed by atoms with Gasteiger partial charge in [0.05, 0.1) is 20.6 Å². The van der Waals surface area contributed by atoms with Crippen molar-refractivity contribution in [3.63, 3.8) is 0 Å². The van der Waals surface area contributed by atoms with E-state index in [0.717, 1.165) is 16.7 Å². The molecule has 3 aromatic carbocycles. The molecule has 0 unspecified atom stereocenters. The Labute approximate surface area is 211 Å². The van der Waals surface area contributed by atoms with Gasteiger partial charge in [0.2, 0.25) is 0 Å². The minimum absolute atomic E-state index is 0.243. The van der Waals surface area contributed by atoms with Crippen molar-refractivity contribution >= 4 is 33.0 Å². The Morgan fingerprint density at radius 3 is 2.34 bits per heavy atom. The maximum Gasteiger partial charge on any atom is 0.175 e. The van der Waals surface area contributed by atoms with Crippen LogP contribution in [0, 0.1) is 6.92 Å². The van der Waals surface area contributed by atoms with Crippen LogP contribution in [0.5, 0.6) is 0 Å². The Morgan fingerprint density at radius 2 is 1.66 bits per heavy atom. The molecule has 176 valence electrons. The summed E-state index contributed by atoms with van der Waals surface area (Å²) in [5.74, 6) is 0.571. The lowest BCUT2D eigenvalue weighted by molar-refractivity contribution is 0.306. The highest BCUT2D eigenvalue weighted by Gasteiger charge is 2.20. The van der Waals surface area contributed by atoms with Gasteiger partial charge in [0, 0.05) is 18.0 Å². The Kier molecular flexibility index (Phi) is 5.96. The van der Waals surface area contributed by atoms with Crippen molar-refractivity contribution in [3.05, 3.63) is 88.7 Å². The first-order chi connectivity index (χ1) is 16.7. The third kappa shape index (κ3) is 4.48. The minimum Gasteiger partial charge on any atom is -0.298 e. The fourth-order valence-corrected chi connectivity index (χ4v) is 4.92. The van der Waals surface area contributed by atoms with Gasteiger partial charge in [-0.15, -0.1) is 0 Å². The summed E-state index contributed by atoms with van der Waals surface area (Å²) >= 11 is 13.3. The maximum absolute atomic E-state index is 12.0. The summed E-state index contributed by atoms with van der Waals surface area (Å²) in [5, 5.41) is 8.81. The van der Waals surface area contributed by atoms with Gasteiger partial charge in [0.1, 0.15) is 17.2 Å². The van der Waals surface area contributed by atoms with E-state index in [0.29, 0.717) is 38.6 Å². The third-order valence-electron chi connectivity index (χ3n) is 5.52. The molecule has 0 fully saturated rings. The van der Waals surface area contributed by atoms with Gasteiger partial charge in [-0.3, -0.25) is 4.57 Å². The lowest BCUT2D eigenvalue weighted by Crippen LogP contribution is -1.99. The van der Waals surface area contributed by atoms with Crippen LogP contribution in [0.2, 0.25) is 10.0 Å². The largest absolute Gasteiger partial charge is 0.298 e. The quantitative estimate of drug-likeness (QED) is 0.269. The monoisotopic (exact) mass is 524 g/mol. The predicted molar refractivity (Wildman–Crippen MR) is 136 cm³/mol. The topological polar surface area (TPSA) is 90.9 Å². The van der Waals surface area contributed by atoms with E-state index in [1.54, 1.807) is 43.5 Å². The van der Waals surface area contributed by atoms with Crippen molar-refractivity contribution in [2.75, 3.05) is 6.26 Å². The zero-order chi connectivity index (χ0) is 24.7. The first kappa shape index (κ1) is 23.3. The van der Waals surface area contributed by atoms with Crippen molar-refractivity contribution < 1.29 is 13.0 Å². The van der Waals surface area contributed by atoms with E-state index in [1.807, 2.05) is 41.0 Å². The molecule has 5 rings (SSSR count). The first-order valence-corrected chi connectivity index (χ1v) is 13.1. The molecule has 0 bridgehead atoms. The smallest absolute Gasteiger partial charge is 0.175 e. The molecule has 0 N–H and O–H groups in total. The highest BCUT2D eigenvalue weighted by Crippen LogP contribution is 2.35. The second-order valence-corrected chi connectivity index (χ2v) is 10.8. The fourth-order valence-electron chi connectivity index (χ4n) is 3.76. The Morgan fingerprint density at radius 1 is 0.886 bits per heavy atom. The lowest BCUT2D eigenvalue weighted by Gasteiger charge is -2.12. The van der Waals surface area contributed by atoms with Crippen LogP contribution in [0.15, 0.2) is 82.5 Å². The summed E-state index contributed by atoms with van der Waals surface area (Å²) in [4.78, 5) is 5.01. The summed E-state index contributed by atoms with van der Waals surface area (Å²) < 4.78 is 30.7. The van der Waals surface area contributed by atoms with Crippen molar-refractivity contribution in [1.82, 2.24) is 19.9 Å². The van der Waals surface area contributed by atoms with E-state index < -0.39 is 9.84 Å². The van der Waals surface area contributed by atoms with Gasteiger partial charge in [-0.25, -0.2) is 18.0 Å². The number of benzene rings is 3. The molecule has 2 aromatic heterocycles. The molecule has 0 saturated heterocycles. The van der Waals surface area contributed by atoms with Crippen molar-refractivity contribution in [2.45, 2.75) is 11.8 Å². The van der Waals surface area contributed by atoms with Crippen LogP contribution in [0.25, 0.3) is 39.6 Å². The van der Waals surface area contributed by atoms with Crippen LogP contribution in [0.1, 0.15) is 5.69 Å². The van der Waals surface area contributed by atoms with Crippen LogP contribution in [-0.2, 0) is 9.84 Å². The van der Waals surface area contributed by atoms with Crippen LogP contribution in [0.3, 0.4) is 0 Å². The average molecular weight is 525 g/mol. The van der Waals surface area contributed by atoms with Gasteiger partial charge >= 0.3 is 0 Å². The number of aromatic nitrogens is 4. The second-order valence-electron chi connectivity index (χ2n) is 7.96. The molecular weight excluding hydrogens is 507 g/mol. The molecule has 0 atom stereocenters. The molecule has 0 saturated carbocycles. The number of aryl methyl sites for hydroxylation is 1. The van der Waals surface area contributed by atoms with E-state index in [1.165, 1.54) is 6.26 Å². The molecule has 0 aliphatic heterocycles. The highest BCUT2D eigenvalue weighted by molar-refractivity contribution is 7.90. The van der Waals surface area contributed by atoms with Crippen LogP contribution in [0.4, 0.5) is 0 Å². The van der Waals surface area contributed by atoms with Gasteiger partial charge in [-0.2, -0.15) is 0 Å². The predicted octanol–water partition coefficient (Wildman–Crippen LogP) is 6.28. The number of hydrogen-bond donors (Lipinski definition) is 0. The van der Waals surface area contributed by atoms with Crippen LogP contribution < -0.4 is 0 Å². The molecule has 2 heterocycles. The number of halogens is 2. The van der Waals surface area contributed by atoms with E-state index in [-0.39, 0.29) is 4.90 Å². The van der Waals surface area contributed by atoms with Crippen molar-refractivity contribution in [2.24, 2.45) is 0 Å². The average Bonchev–Trinajstić information content (AvgIpc) is 3.45. The first-order valence-electron chi connectivity index (χ1n) is 10.5. The molecule has 0 amide bonds. The second kappa shape index (κ2) is 8.96. The molecule has 35 heavy (non-hydrogen) atoms. The highest BCUT2D eigenvalue weighted by atomic mass is 35.5. The van der Waals surface area contributed by atoms with Gasteiger partial charge in [0.25, 0.3) is 0 Å². The molecule has 0 aliphatic rings. The normalized spacial score (nSPS) is 11.7.